The van der Waals surface area contributed by atoms with Gasteiger partial charge < -0.3 is 24.7 Å². The van der Waals surface area contributed by atoms with Crippen LogP contribution in [0.4, 0.5) is 0 Å². The third-order valence-electron chi connectivity index (χ3n) is 4.87. The van der Waals surface area contributed by atoms with E-state index in [1.165, 1.54) is 6.33 Å². The van der Waals surface area contributed by atoms with Gasteiger partial charge in [-0.15, -0.1) is 0 Å². The van der Waals surface area contributed by atoms with E-state index < -0.39 is 6.10 Å². The molecule has 0 spiro atoms. The summed E-state index contributed by atoms with van der Waals surface area (Å²) in [4.78, 5) is 22.7. The number of benzene rings is 2. The maximum Gasteiger partial charge on any atom is 0.278 e. The molecule has 0 saturated carbocycles. The van der Waals surface area contributed by atoms with Crippen LogP contribution in [0.2, 0.25) is 0 Å². The molecule has 0 fully saturated rings. The lowest BCUT2D eigenvalue weighted by atomic mass is 10.0. The van der Waals surface area contributed by atoms with Crippen molar-refractivity contribution in [2.24, 2.45) is 0 Å². The number of hydrogen-bond acceptors (Lipinski definition) is 6. The predicted octanol–water partition coefficient (Wildman–Crippen LogP) is 1.89. The molecule has 0 amide bonds. The molecule has 0 unspecified atom stereocenters. The Bertz CT molecular complexity index is 1130. The van der Waals surface area contributed by atoms with E-state index in [4.69, 9.17) is 4.74 Å². The number of aromatic nitrogens is 4. The standard InChI is InChI=1S/C22H23N5O3/c28-13-18(30-17-9-5-2-6-10-17)19(16-7-3-1-4-8-16)23-11-12-27-15-26-20-21(27)24-14-25-22(20)29/h1-10,14-15,18-19,23,28H,11-13H2,(H,24,25,29)/t18-,19-/m1/s1. The molecule has 30 heavy (non-hydrogen) atoms. The van der Waals surface area contributed by atoms with Crippen molar-refractivity contribution in [1.82, 2.24) is 24.8 Å². The van der Waals surface area contributed by atoms with Crippen LogP contribution < -0.4 is 15.6 Å². The molecule has 3 N–H and O–H groups in total. The van der Waals surface area contributed by atoms with Gasteiger partial charge in [-0.25, -0.2) is 9.97 Å². The number of aliphatic hydroxyl groups excluding tert-OH is 1. The van der Waals surface area contributed by atoms with Crippen LogP contribution in [0.1, 0.15) is 11.6 Å². The third kappa shape index (κ3) is 4.40. The zero-order valence-electron chi connectivity index (χ0n) is 16.3. The molecule has 0 bridgehead atoms. The quantitative estimate of drug-likeness (QED) is 0.393. The highest BCUT2D eigenvalue weighted by atomic mass is 16.5. The minimum atomic E-state index is -0.477. The number of H-pyrrole nitrogens is 1. The van der Waals surface area contributed by atoms with Crippen LogP contribution in [0.15, 0.2) is 78.1 Å². The highest BCUT2D eigenvalue weighted by Crippen LogP contribution is 2.22. The topological polar surface area (TPSA) is 105 Å². The van der Waals surface area contributed by atoms with Gasteiger partial charge in [0.15, 0.2) is 11.2 Å². The van der Waals surface area contributed by atoms with E-state index in [9.17, 15) is 9.90 Å². The average Bonchev–Trinajstić information content (AvgIpc) is 3.21. The summed E-state index contributed by atoms with van der Waals surface area (Å²) in [5.74, 6) is 0.698. The molecule has 2 aromatic heterocycles. The second-order valence-electron chi connectivity index (χ2n) is 6.84. The predicted molar refractivity (Wildman–Crippen MR) is 113 cm³/mol. The molecule has 0 saturated heterocycles. The van der Waals surface area contributed by atoms with Crippen LogP contribution in [-0.4, -0.2) is 43.9 Å². The van der Waals surface area contributed by atoms with E-state index in [0.717, 1.165) is 5.56 Å². The fourth-order valence-corrected chi connectivity index (χ4v) is 3.40. The molecule has 8 nitrogen and oxygen atoms in total. The first-order valence-electron chi connectivity index (χ1n) is 9.75. The van der Waals surface area contributed by atoms with Crippen molar-refractivity contribution in [2.45, 2.75) is 18.7 Å². The number of hydrogen-bond donors (Lipinski definition) is 3. The molecule has 0 aliphatic heterocycles. The van der Waals surface area contributed by atoms with E-state index >= 15 is 0 Å². The number of ether oxygens (including phenoxy) is 1. The summed E-state index contributed by atoms with van der Waals surface area (Å²) >= 11 is 0. The lowest BCUT2D eigenvalue weighted by Crippen LogP contribution is -2.39. The largest absolute Gasteiger partial charge is 0.486 e. The monoisotopic (exact) mass is 405 g/mol. The molecular formula is C22H23N5O3. The normalized spacial score (nSPS) is 13.2. The summed E-state index contributed by atoms with van der Waals surface area (Å²) in [6.45, 7) is 0.973. The van der Waals surface area contributed by atoms with Gasteiger partial charge in [0.2, 0.25) is 0 Å². The molecule has 8 heteroatoms. The number of nitrogens with one attached hydrogen (secondary N) is 2. The molecule has 0 radical (unpaired) electrons. The second-order valence-corrected chi connectivity index (χ2v) is 6.84. The molecule has 4 rings (SSSR count). The molecule has 0 aliphatic rings. The van der Waals surface area contributed by atoms with E-state index in [-0.39, 0.29) is 18.2 Å². The number of rotatable bonds is 9. The lowest BCUT2D eigenvalue weighted by molar-refractivity contribution is 0.0822. The van der Waals surface area contributed by atoms with Gasteiger partial charge in [-0.3, -0.25) is 4.79 Å². The van der Waals surface area contributed by atoms with Crippen LogP contribution >= 0.6 is 0 Å². The highest BCUT2D eigenvalue weighted by molar-refractivity contribution is 5.68. The number of imidazole rings is 1. The first-order valence-corrected chi connectivity index (χ1v) is 9.75. The van der Waals surface area contributed by atoms with Gasteiger partial charge in [0.25, 0.3) is 5.56 Å². The molecular weight excluding hydrogens is 382 g/mol. The second kappa shape index (κ2) is 9.34. The van der Waals surface area contributed by atoms with Gasteiger partial charge in [0.05, 0.1) is 25.3 Å². The molecule has 0 aliphatic carbocycles. The van der Waals surface area contributed by atoms with Crippen molar-refractivity contribution in [3.05, 3.63) is 89.2 Å². The van der Waals surface area contributed by atoms with E-state index in [1.54, 1.807) is 6.33 Å². The van der Waals surface area contributed by atoms with Crippen LogP contribution in [0.5, 0.6) is 5.75 Å². The highest BCUT2D eigenvalue weighted by Gasteiger charge is 2.24. The van der Waals surface area contributed by atoms with Crippen molar-refractivity contribution in [1.29, 1.82) is 0 Å². The number of para-hydroxylation sites is 1. The Morgan fingerprint density at radius 1 is 1.07 bits per heavy atom. The first-order chi connectivity index (χ1) is 14.8. The van der Waals surface area contributed by atoms with Gasteiger partial charge in [-0.2, -0.15) is 0 Å². The Hall–Kier alpha value is -3.49. The first kappa shape index (κ1) is 19.8. The van der Waals surface area contributed by atoms with Gasteiger partial charge in [0.1, 0.15) is 11.9 Å². The molecule has 2 aromatic carbocycles. The van der Waals surface area contributed by atoms with Crippen LogP contribution in [0.3, 0.4) is 0 Å². The Labute approximate surface area is 173 Å². The number of fused-ring (bicyclic) bond motifs is 1. The number of nitrogens with zero attached hydrogens (tertiary/aromatic N) is 3. The molecule has 154 valence electrons. The summed E-state index contributed by atoms with van der Waals surface area (Å²) < 4.78 is 7.89. The van der Waals surface area contributed by atoms with E-state index in [1.807, 2.05) is 65.2 Å². The summed E-state index contributed by atoms with van der Waals surface area (Å²) in [6, 6.07) is 19.1. The van der Waals surface area contributed by atoms with Crippen molar-refractivity contribution < 1.29 is 9.84 Å². The summed E-state index contributed by atoms with van der Waals surface area (Å²) in [5, 5.41) is 13.5. The molecule has 2 atom stereocenters. The van der Waals surface area contributed by atoms with Gasteiger partial charge in [-0.1, -0.05) is 48.5 Å². The number of aromatic amines is 1. The fraction of sp³-hybridized carbons (Fsp3) is 0.227. The molecule has 2 heterocycles. The Kier molecular flexibility index (Phi) is 6.17. The van der Waals surface area contributed by atoms with Crippen molar-refractivity contribution in [2.75, 3.05) is 13.2 Å². The van der Waals surface area contributed by atoms with E-state index in [0.29, 0.717) is 30.0 Å². The zero-order chi connectivity index (χ0) is 20.8. The van der Waals surface area contributed by atoms with Gasteiger partial charge >= 0.3 is 0 Å². The van der Waals surface area contributed by atoms with Crippen LogP contribution in [0, 0.1) is 0 Å². The van der Waals surface area contributed by atoms with Gasteiger partial charge in [0, 0.05) is 13.1 Å². The van der Waals surface area contributed by atoms with E-state index in [2.05, 4.69) is 20.3 Å². The molecule has 4 aromatic rings. The summed E-state index contributed by atoms with van der Waals surface area (Å²) in [5.41, 5.74) is 1.61. The Morgan fingerprint density at radius 3 is 2.53 bits per heavy atom. The smallest absolute Gasteiger partial charge is 0.278 e. The van der Waals surface area contributed by atoms with Gasteiger partial charge in [-0.05, 0) is 17.7 Å². The van der Waals surface area contributed by atoms with Crippen molar-refractivity contribution >= 4 is 11.2 Å². The lowest BCUT2D eigenvalue weighted by Gasteiger charge is -2.28. The number of aliphatic hydroxyl groups is 1. The average molecular weight is 405 g/mol. The van der Waals surface area contributed by atoms with Crippen molar-refractivity contribution in [3.8, 4) is 5.75 Å². The Morgan fingerprint density at radius 2 is 1.80 bits per heavy atom. The minimum absolute atomic E-state index is 0.146. The maximum absolute atomic E-state index is 11.8. The summed E-state index contributed by atoms with van der Waals surface area (Å²) in [6.07, 6.45) is 2.50. The Balaban J connectivity index is 1.51. The van der Waals surface area contributed by atoms with Crippen molar-refractivity contribution in [3.63, 3.8) is 0 Å². The third-order valence-corrected chi connectivity index (χ3v) is 4.87. The summed E-state index contributed by atoms with van der Waals surface area (Å²) in [7, 11) is 0. The van der Waals surface area contributed by atoms with Crippen LogP contribution in [-0.2, 0) is 6.54 Å². The SMILES string of the molecule is O=c1[nH]cnc2c1ncn2CCN[C@H](c1ccccc1)[C@@H](CO)Oc1ccccc1. The fourth-order valence-electron chi connectivity index (χ4n) is 3.40. The maximum atomic E-state index is 11.8. The van der Waals surface area contributed by atoms with Crippen LogP contribution in [0.25, 0.3) is 11.2 Å². The zero-order valence-corrected chi connectivity index (χ0v) is 16.3. The minimum Gasteiger partial charge on any atom is -0.486 e.